The number of hydrogen-bond acceptors (Lipinski definition) is 3. The van der Waals surface area contributed by atoms with Gasteiger partial charge in [0.15, 0.2) is 0 Å². The lowest BCUT2D eigenvalue weighted by Gasteiger charge is -2.19. The van der Waals surface area contributed by atoms with E-state index in [4.69, 9.17) is 0 Å². The van der Waals surface area contributed by atoms with Crippen LogP contribution < -0.4 is 5.32 Å². The van der Waals surface area contributed by atoms with E-state index < -0.39 is 0 Å². The molecule has 1 aromatic carbocycles. The first-order valence-electron chi connectivity index (χ1n) is 6.03. The molecule has 2 rings (SSSR count). The van der Waals surface area contributed by atoms with E-state index in [0.717, 1.165) is 23.3 Å². The van der Waals surface area contributed by atoms with E-state index in [1.807, 2.05) is 17.8 Å². The van der Waals surface area contributed by atoms with Crippen LogP contribution in [0.3, 0.4) is 0 Å². The number of nitrogens with zero attached hydrogens (tertiary/aromatic N) is 3. The average molecular weight is 309 g/mol. The maximum atomic E-state index is 4.29. The van der Waals surface area contributed by atoms with E-state index >= 15 is 0 Å². The molecule has 2 aromatic rings. The highest BCUT2D eigenvalue weighted by Crippen LogP contribution is 2.25. The number of aryl methyl sites for hydroxylation is 1. The zero-order valence-corrected chi connectivity index (χ0v) is 12.2. The van der Waals surface area contributed by atoms with E-state index in [1.54, 1.807) is 6.33 Å². The van der Waals surface area contributed by atoms with Gasteiger partial charge in [-0.25, -0.2) is 4.98 Å². The van der Waals surface area contributed by atoms with Gasteiger partial charge in [-0.1, -0.05) is 41.1 Å². The second kappa shape index (κ2) is 6.11. The average Bonchev–Trinajstić information content (AvgIpc) is 2.75. The van der Waals surface area contributed by atoms with Crippen molar-refractivity contribution >= 4 is 15.9 Å². The fourth-order valence-electron chi connectivity index (χ4n) is 1.98. The Kier molecular flexibility index (Phi) is 4.49. The standard InChI is InChI=1S/C13H17BrN4/c1-3-15-12(8-13-16-9-17-18(13)2)10-6-4-5-7-11(10)14/h4-7,9,12,15H,3,8H2,1-2H3. The topological polar surface area (TPSA) is 42.7 Å². The van der Waals surface area contributed by atoms with Crippen molar-refractivity contribution in [1.82, 2.24) is 20.1 Å². The third-order valence-corrected chi connectivity index (χ3v) is 3.65. The van der Waals surface area contributed by atoms with E-state index in [-0.39, 0.29) is 6.04 Å². The van der Waals surface area contributed by atoms with Crippen molar-refractivity contribution in [1.29, 1.82) is 0 Å². The van der Waals surface area contributed by atoms with E-state index in [1.165, 1.54) is 5.56 Å². The lowest BCUT2D eigenvalue weighted by Crippen LogP contribution is -2.24. The number of halogens is 1. The molecule has 0 spiro atoms. The van der Waals surface area contributed by atoms with Gasteiger partial charge in [0.05, 0.1) is 0 Å². The summed E-state index contributed by atoms with van der Waals surface area (Å²) in [7, 11) is 1.92. The van der Waals surface area contributed by atoms with Gasteiger partial charge in [-0.3, -0.25) is 4.68 Å². The fourth-order valence-corrected chi connectivity index (χ4v) is 2.54. The smallest absolute Gasteiger partial charge is 0.138 e. The predicted molar refractivity (Wildman–Crippen MR) is 75.3 cm³/mol. The van der Waals surface area contributed by atoms with Crippen molar-refractivity contribution in [3.05, 3.63) is 46.5 Å². The number of aromatic nitrogens is 3. The molecule has 1 aromatic heterocycles. The number of nitrogens with one attached hydrogen (secondary N) is 1. The Balaban J connectivity index is 2.24. The molecule has 1 heterocycles. The van der Waals surface area contributed by atoms with Gasteiger partial charge in [0, 0.05) is 24.0 Å². The van der Waals surface area contributed by atoms with Crippen LogP contribution in [0.25, 0.3) is 0 Å². The second-order valence-corrected chi connectivity index (χ2v) is 4.99. The van der Waals surface area contributed by atoms with Crippen LogP contribution in [-0.2, 0) is 13.5 Å². The summed E-state index contributed by atoms with van der Waals surface area (Å²) in [5, 5.41) is 7.61. The normalized spacial score (nSPS) is 12.6. The summed E-state index contributed by atoms with van der Waals surface area (Å²) in [5.41, 5.74) is 1.25. The third kappa shape index (κ3) is 2.97. The zero-order chi connectivity index (χ0) is 13.0. The van der Waals surface area contributed by atoms with Gasteiger partial charge < -0.3 is 5.32 Å². The van der Waals surface area contributed by atoms with Gasteiger partial charge in [-0.2, -0.15) is 5.10 Å². The van der Waals surface area contributed by atoms with Gasteiger partial charge in [-0.15, -0.1) is 0 Å². The van der Waals surface area contributed by atoms with Crippen LogP contribution in [0, 0.1) is 0 Å². The van der Waals surface area contributed by atoms with Crippen LogP contribution in [0.4, 0.5) is 0 Å². The monoisotopic (exact) mass is 308 g/mol. The number of rotatable bonds is 5. The molecule has 1 N–H and O–H groups in total. The first kappa shape index (κ1) is 13.2. The molecule has 0 aliphatic heterocycles. The van der Waals surface area contributed by atoms with Crippen molar-refractivity contribution in [2.24, 2.45) is 7.05 Å². The summed E-state index contributed by atoms with van der Waals surface area (Å²) in [5.74, 6) is 0.983. The summed E-state index contributed by atoms with van der Waals surface area (Å²) in [6.45, 7) is 3.03. The summed E-state index contributed by atoms with van der Waals surface area (Å²) < 4.78 is 2.94. The molecule has 0 aliphatic carbocycles. The Bertz CT molecular complexity index is 509. The second-order valence-electron chi connectivity index (χ2n) is 4.14. The number of likely N-dealkylation sites (N-methyl/N-ethyl adjacent to an activating group) is 1. The molecule has 0 saturated heterocycles. The first-order chi connectivity index (χ1) is 8.72. The summed E-state index contributed by atoms with van der Waals surface area (Å²) in [6.07, 6.45) is 2.42. The largest absolute Gasteiger partial charge is 0.310 e. The molecule has 0 radical (unpaired) electrons. The minimum absolute atomic E-state index is 0.244. The maximum absolute atomic E-state index is 4.29. The molecule has 0 bridgehead atoms. The Morgan fingerprint density at radius 1 is 1.39 bits per heavy atom. The molecule has 1 atom stereocenters. The van der Waals surface area contributed by atoms with Crippen molar-refractivity contribution < 1.29 is 0 Å². The molecule has 1 unspecified atom stereocenters. The maximum Gasteiger partial charge on any atom is 0.138 e. The van der Waals surface area contributed by atoms with Gasteiger partial charge in [0.25, 0.3) is 0 Å². The lowest BCUT2D eigenvalue weighted by atomic mass is 10.0. The third-order valence-electron chi connectivity index (χ3n) is 2.92. The van der Waals surface area contributed by atoms with E-state index in [0.29, 0.717) is 0 Å². The molecule has 4 nitrogen and oxygen atoms in total. The number of hydrogen-bond donors (Lipinski definition) is 1. The molecular formula is C13H17BrN4. The quantitative estimate of drug-likeness (QED) is 0.922. The van der Waals surface area contributed by atoms with Gasteiger partial charge in [0.1, 0.15) is 12.2 Å². The molecule has 96 valence electrons. The Hall–Kier alpha value is -1.20. The van der Waals surface area contributed by atoms with Crippen LogP contribution >= 0.6 is 15.9 Å². The highest BCUT2D eigenvalue weighted by Gasteiger charge is 2.16. The Morgan fingerprint density at radius 3 is 2.78 bits per heavy atom. The minimum Gasteiger partial charge on any atom is -0.310 e. The SMILES string of the molecule is CCNC(Cc1ncnn1C)c1ccccc1Br. The highest BCUT2D eigenvalue weighted by atomic mass is 79.9. The van der Waals surface area contributed by atoms with Crippen molar-refractivity contribution in [3.8, 4) is 0 Å². The van der Waals surface area contributed by atoms with Crippen molar-refractivity contribution in [3.63, 3.8) is 0 Å². The zero-order valence-electron chi connectivity index (χ0n) is 10.6. The van der Waals surface area contributed by atoms with Crippen molar-refractivity contribution in [2.75, 3.05) is 6.54 Å². The minimum atomic E-state index is 0.244. The van der Waals surface area contributed by atoms with E-state index in [9.17, 15) is 0 Å². The molecule has 18 heavy (non-hydrogen) atoms. The number of benzene rings is 1. The first-order valence-corrected chi connectivity index (χ1v) is 6.82. The molecule has 5 heteroatoms. The molecule has 0 aliphatic rings. The lowest BCUT2D eigenvalue weighted by molar-refractivity contribution is 0.520. The van der Waals surface area contributed by atoms with E-state index in [2.05, 4.69) is 56.5 Å². The van der Waals surface area contributed by atoms with Crippen LogP contribution in [0.5, 0.6) is 0 Å². The Labute approximate surface area is 116 Å². The summed E-state index contributed by atoms with van der Waals surface area (Å²) >= 11 is 3.61. The Morgan fingerprint density at radius 2 is 2.17 bits per heavy atom. The molecular weight excluding hydrogens is 292 g/mol. The van der Waals surface area contributed by atoms with Crippen LogP contribution in [-0.4, -0.2) is 21.3 Å². The molecule has 0 amide bonds. The van der Waals surface area contributed by atoms with Gasteiger partial charge in [0.2, 0.25) is 0 Å². The predicted octanol–water partition coefficient (Wildman–Crippen LogP) is 2.47. The highest BCUT2D eigenvalue weighted by molar-refractivity contribution is 9.10. The summed E-state index contributed by atoms with van der Waals surface area (Å²) in [6, 6.07) is 8.53. The fraction of sp³-hybridized carbons (Fsp3) is 0.385. The van der Waals surface area contributed by atoms with Gasteiger partial charge >= 0.3 is 0 Å². The van der Waals surface area contributed by atoms with Crippen LogP contribution in [0.2, 0.25) is 0 Å². The molecule has 0 saturated carbocycles. The van der Waals surface area contributed by atoms with Crippen LogP contribution in [0.15, 0.2) is 35.1 Å². The molecule has 0 fully saturated rings. The summed E-state index contributed by atoms with van der Waals surface area (Å²) in [4.78, 5) is 4.29. The van der Waals surface area contributed by atoms with Gasteiger partial charge in [-0.05, 0) is 18.2 Å². The van der Waals surface area contributed by atoms with Crippen LogP contribution in [0.1, 0.15) is 24.4 Å². The van der Waals surface area contributed by atoms with Crippen molar-refractivity contribution in [2.45, 2.75) is 19.4 Å².